The van der Waals surface area contributed by atoms with Gasteiger partial charge in [0.15, 0.2) is 0 Å². The number of likely N-dealkylation sites (N-methyl/N-ethyl adjacent to an activating group) is 1. The lowest BCUT2D eigenvalue weighted by atomic mass is 10.2. The van der Waals surface area contributed by atoms with E-state index in [1.165, 1.54) is 0 Å². The van der Waals surface area contributed by atoms with Crippen molar-refractivity contribution in [3.05, 3.63) is 29.8 Å². The molecule has 1 aromatic carbocycles. The SMILES string of the molecule is Cc1ccccc1OCCN(C)C(=O)[C@@H]1CCCN1. The van der Waals surface area contributed by atoms with Crippen LogP contribution in [0.15, 0.2) is 24.3 Å². The van der Waals surface area contributed by atoms with Crippen LogP contribution in [0.25, 0.3) is 0 Å². The van der Waals surface area contributed by atoms with E-state index in [1.54, 1.807) is 4.90 Å². The van der Waals surface area contributed by atoms with E-state index in [1.807, 2.05) is 38.2 Å². The van der Waals surface area contributed by atoms with Crippen LogP contribution in [0.1, 0.15) is 18.4 Å². The highest BCUT2D eigenvalue weighted by Crippen LogP contribution is 2.16. The second-order valence-electron chi connectivity index (χ2n) is 5.02. The average molecular weight is 262 g/mol. The first kappa shape index (κ1) is 13.9. The Hall–Kier alpha value is -1.55. The van der Waals surface area contributed by atoms with Gasteiger partial charge in [0.25, 0.3) is 0 Å². The number of hydrogen-bond donors (Lipinski definition) is 1. The van der Waals surface area contributed by atoms with Crippen molar-refractivity contribution in [2.24, 2.45) is 0 Å². The highest BCUT2D eigenvalue weighted by Gasteiger charge is 2.24. The Bertz CT molecular complexity index is 428. The Labute approximate surface area is 114 Å². The smallest absolute Gasteiger partial charge is 0.239 e. The molecule has 1 aliphatic rings. The highest BCUT2D eigenvalue weighted by molar-refractivity contribution is 5.81. The first-order valence-corrected chi connectivity index (χ1v) is 6.85. The maximum atomic E-state index is 12.1. The number of benzene rings is 1. The minimum atomic E-state index is 0.00320. The maximum Gasteiger partial charge on any atom is 0.239 e. The molecular formula is C15H22N2O2. The first-order valence-electron chi connectivity index (χ1n) is 6.85. The zero-order valence-electron chi connectivity index (χ0n) is 11.7. The van der Waals surface area contributed by atoms with Gasteiger partial charge in [0.05, 0.1) is 12.6 Å². The van der Waals surface area contributed by atoms with Crippen LogP contribution in [-0.2, 0) is 4.79 Å². The maximum absolute atomic E-state index is 12.1. The topological polar surface area (TPSA) is 41.6 Å². The summed E-state index contributed by atoms with van der Waals surface area (Å²) in [6, 6.07) is 7.93. The quantitative estimate of drug-likeness (QED) is 0.876. The zero-order chi connectivity index (χ0) is 13.7. The first-order chi connectivity index (χ1) is 9.18. The number of para-hydroxylation sites is 1. The summed E-state index contributed by atoms with van der Waals surface area (Å²) in [6.45, 7) is 4.11. The minimum Gasteiger partial charge on any atom is -0.491 e. The molecule has 0 aromatic heterocycles. The summed E-state index contributed by atoms with van der Waals surface area (Å²) in [7, 11) is 1.84. The standard InChI is InChI=1S/C15H22N2O2/c1-12-6-3-4-8-14(12)19-11-10-17(2)15(18)13-7-5-9-16-13/h3-4,6,8,13,16H,5,7,9-11H2,1-2H3/t13-/m0/s1. The van der Waals surface area contributed by atoms with E-state index in [2.05, 4.69) is 5.32 Å². The molecule has 0 unspecified atom stereocenters. The monoisotopic (exact) mass is 262 g/mol. The highest BCUT2D eigenvalue weighted by atomic mass is 16.5. The summed E-state index contributed by atoms with van der Waals surface area (Å²) in [4.78, 5) is 13.8. The lowest BCUT2D eigenvalue weighted by Crippen LogP contribution is -2.43. The predicted molar refractivity (Wildman–Crippen MR) is 75.3 cm³/mol. The average Bonchev–Trinajstić information content (AvgIpc) is 2.94. The van der Waals surface area contributed by atoms with Crippen molar-refractivity contribution in [3.8, 4) is 5.75 Å². The molecule has 4 nitrogen and oxygen atoms in total. The molecule has 0 aliphatic carbocycles. The Morgan fingerprint density at radius 3 is 2.95 bits per heavy atom. The molecular weight excluding hydrogens is 240 g/mol. The molecule has 1 aromatic rings. The fraction of sp³-hybridized carbons (Fsp3) is 0.533. The molecule has 4 heteroatoms. The molecule has 0 radical (unpaired) electrons. The van der Waals surface area contributed by atoms with Crippen molar-refractivity contribution in [1.29, 1.82) is 0 Å². The van der Waals surface area contributed by atoms with Gasteiger partial charge >= 0.3 is 0 Å². The Balaban J connectivity index is 1.76. The Morgan fingerprint density at radius 2 is 2.26 bits per heavy atom. The Kier molecular flexibility index (Phi) is 4.80. The fourth-order valence-corrected chi connectivity index (χ4v) is 2.28. The van der Waals surface area contributed by atoms with Crippen molar-refractivity contribution in [3.63, 3.8) is 0 Å². The number of hydrogen-bond acceptors (Lipinski definition) is 3. The van der Waals surface area contributed by atoms with Gasteiger partial charge in [-0.3, -0.25) is 4.79 Å². The van der Waals surface area contributed by atoms with Gasteiger partial charge in [-0.1, -0.05) is 18.2 Å². The summed E-state index contributed by atoms with van der Waals surface area (Å²) in [5.74, 6) is 1.06. The molecule has 0 spiro atoms. The number of aryl methyl sites for hydroxylation is 1. The van der Waals surface area contributed by atoms with Gasteiger partial charge in [-0.05, 0) is 37.9 Å². The van der Waals surface area contributed by atoms with Gasteiger partial charge in [0, 0.05) is 7.05 Å². The third kappa shape index (κ3) is 3.70. The van der Waals surface area contributed by atoms with Gasteiger partial charge in [-0.25, -0.2) is 0 Å². The summed E-state index contributed by atoms with van der Waals surface area (Å²) >= 11 is 0. The molecule has 1 saturated heterocycles. The molecule has 1 heterocycles. The van der Waals surface area contributed by atoms with Crippen LogP contribution in [0.4, 0.5) is 0 Å². The van der Waals surface area contributed by atoms with E-state index in [4.69, 9.17) is 4.74 Å². The number of rotatable bonds is 5. The van der Waals surface area contributed by atoms with E-state index in [9.17, 15) is 4.79 Å². The number of ether oxygens (including phenoxy) is 1. The molecule has 2 rings (SSSR count). The molecule has 19 heavy (non-hydrogen) atoms. The molecule has 0 bridgehead atoms. The molecule has 104 valence electrons. The van der Waals surface area contributed by atoms with Crippen LogP contribution in [0.5, 0.6) is 5.75 Å². The van der Waals surface area contributed by atoms with E-state index in [0.717, 1.165) is 30.7 Å². The lowest BCUT2D eigenvalue weighted by Gasteiger charge is -2.21. The molecule has 1 atom stereocenters. The largest absolute Gasteiger partial charge is 0.491 e. The second kappa shape index (κ2) is 6.57. The van der Waals surface area contributed by atoms with Gasteiger partial charge in [0.1, 0.15) is 12.4 Å². The number of carbonyl (C=O) groups excluding carboxylic acids is 1. The van der Waals surface area contributed by atoms with Crippen molar-refractivity contribution >= 4 is 5.91 Å². The molecule has 1 fully saturated rings. The van der Waals surface area contributed by atoms with Gasteiger partial charge in [0.2, 0.25) is 5.91 Å². The van der Waals surface area contributed by atoms with Crippen molar-refractivity contribution in [1.82, 2.24) is 10.2 Å². The Morgan fingerprint density at radius 1 is 1.47 bits per heavy atom. The third-order valence-electron chi connectivity index (χ3n) is 3.51. The second-order valence-corrected chi connectivity index (χ2v) is 5.02. The van der Waals surface area contributed by atoms with Crippen molar-refractivity contribution in [2.45, 2.75) is 25.8 Å². The number of amides is 1. The number of carbonyl (C=O) groups is 1. The predicted octanol–water partition coefficient (Wildman–Crippen LogP) is 1.58. The number of nitrogens with one attached hydrogen (secondary N) is 1. The molecule has 1 aliphatic heterocycles. The minimum absolute atomic E-state index is 0.00320. The van der Waals surface area contributed by atoms with Gasteiger partial charge < -0.3 is 15.0 Å². The van der Waals surface area contributed by atoms with Crippen molar-refractivity contribution < 1.29 is 9.53 Å². The normalized spacial score (nSPS) is 18.3. The third-order valence-corrected chi connectivity index (χ3v) is 3.51. The summed E-state index contributed by atoms with van der Waals surface area (Å²) in [6.07, 6.45) is 2.03. The lowest BCUT2D eigenvalue weighted by molar-refractivity contribution is -0.132. The van der Waals surface area contributed by atoms with Gasteiger partial charge in [-0.2, -0.15) is 0 Å². The van der Waals surface area contributed by atoms with Crippen LogP contribution >= 0.6 is 0 Å². The van der Waals surface area contributed by atoms with Crippen LogP contribution in [-0.4, -0.2) is 43.6 Å². The van der Waals surface area contributed by atoms with E-state index < -0.39 is 0 Å². The van der Waals surface area contributed by atoms with Gasteiger partial charge in [-0.15, -0.1) is 0 Å². The van der Waals surface area contributed by atoms with Crippen LogP contribution in [0.3, 0.4) is 0 Å². The van der Waals surface area contributed by atoms with E-state index in [-0.39, 0.29) is 11.9 Å². The summed E-state index contributed by atoms with van der Waals surface area (Å²) < 4.78 is 5.71. The zero-order valence-corrected chi connectivity index (χ0v) is 11.7. The molecule has 0 saturated carbocycles. The van der Waals surface area contributed by atoms with E-state index >= 15 is 0 Å². The summed E-state index contributed by atoms with van der Waals surface area (Å²) in [5, 5.41) is 3.22. The van der Waals surface area contributed by atoms with Crippen LogP contribution in [0.2, 0.25) is 0 Å². The van der Waals surface area contributed by atoms with Crippen LogP contribution in [0, 0.1) is 6.92 Å². The fourth-order valence-electron chi connectivity index (χ4n) is 2.28. The number of nitrogens with zero attached hydrogens (tertiary/aromatic N) is 1. The summed E-state index contributed by atoms with van der Waals surface area (Å²) in [5.41, 5.74) is 1.12. The van der Waals surface area contributed by atoms with Crippen LogP contribution < -0.4 is 10.1 Å². The van der Waals surface area contributed by atoms with E-state index in [0.29, 0.717) is 13.2 Å². The van der Waals surface area contributed by atoms with Crippen molar-refractivity contribution in [2.75, 3.05) is 26.7 Å². The molecule has 1 N–H and O–H groups in total. The molecule has 1 amide bonds.